The minimum absolute atomic E-state index is 0.0494. The lowest BCUT2D eigenvalue weighted by Gasteiger charge is -2.35. The second kappa shape index (κ2) is 8.64. The molecule has 1 saturated heterocycles. The highest BCUT2D eigenvalue weighted by atomic mass is 79.9. The monoisotopic (exact) mass is 443 g/mol. The molecule has 1 amide bonds. The van der Waals surface area contributed by atoms with Gasteiger partial charge in [-0.1, -0.05) is 24.3 Å². The van der Waals surface area contributed by atoms with Gasteiger partial charge >= 0.3 is 0 Å². The molecule has 0 aliphatic carbocycles. The zero-order valence-corrected chi connectivity index (χ0v) is 17.7. The number of carbonyl (C=O) groups excluding carboxylic acids is 1. The van der Waals surface area contributed by atoms with E-state index in [0.29, 0.717) is 12.1 Å². The molecular formula is C22H26BrN3O2. The van der Waals surface area contributed by atoms with Crippen molar-refractivity contribution in [3.05, 3.63) is 63.6 Å². The number of nitrogens with zero attached hydrogens (tertiary/aromatic N) is 2. The van der Waals surface area contributed by atoms with E-state index < -0.39 is 0 Å². The molecule has 6 heteroatoms. The molecule has 4 rings (SSSR count). The van der Waals surface area contributed by atoms with Gasteiger partial charge in [0.2, 0.25) is 0 Å². The highest BCUT2D eigenvalue weighted by Gasteiger charge is 2.25. The molecule has 2 aromatic carbocycles. The molecule has 0 saturated carbocycles. The summed E-state index contributed by atoms with van der Waals surface area (Å²) in [5.41, 5.74) is 4.65. The minimum atomic E-state index is -0.0494. The molecule has 148 valence electrons. The molecular weight excluding hydrogens is 418 g/mol. The molecule has 0 spiro atoms. The predicted octanol–water partition coefficient (Wildman–Crippen LogP) is 3.24. The predicted molar refractivity (Wildman–Crippen MR) is 115 cm³/mol. The van der Waals surface area contributed by atoms with Crippen molar-refractivity contribution < 1.29 is 9.53 Å². The van der Waals surface area contributed by atoms with Gasteiger partial charge in [-0.3, -0.25) is 9.69 Å². The van der Waals surface area contributed by atoms with E-state index in [1.807, 2.05) is 24.3 Å². The first-order valence-corrected chi connectivity index (χ1v) is 10.6. The highest BCUT2D eigenvalue weighted by molar-refractivity contribution is 9.10. The highest BCUT2D eigenvalue weighted by Crippen LogP contribution is 2.31. The summed E-state index contributed by atoms with van der Waals surface area (Å²) in [4.78, 5) is 17.4. The van der Waals surface area contributed by atoms with Crippen LogP contribution in [-0.2, 0) is 11.2 Å². The number of anilines is 1. The minimum Gasteiger partial charge on any atom is -0.379 e. The van der Waals surface area contributed by atoms with E-state index in [4.69, 9.17) is 4.74 Å². The number of carbonyl (C=O) groups is 1. The maximum Gasteiger partial charge on any atom is 0.252 e. The molecule has 0 unspecified atom stereocenters. The van der Waals surface area contributed by atoms with Gasteiger partial charge in [-0.25, -0.2) is 0 Å². The Morgan fingerprint density at radius 1 is 1.18 bits per heavy atom. The molecule has 5 nitrogen and oxygen atoms in total. The Bertz CT molecular complexity index is 851. The number of rotatable bonds is 5. The molecule has 2 aliphatic rings. The SMILES string of the molecule is CN1CCc2cc([C@H](CNC(=O)c3ccccc3Br)N3CCOCC3)ccc21. The lowest BCUT2D eigenvalue weighted by Crippen LogP contribution is -2.43. The van der Waals surface area contributed by atoms with E-state index in [1.165, 1.54) is 16.8 Å². The van der Waals surface area contributed by atoms with Gasteiger partial charge in [-0.05, 0) is 51.7 Å². The van der Waals surface area contributed by atoms with Crippen LogP contribution in [0.4, 0.5) is 5.69 Å². The van der Waals surface area contributed by atoms with E-state index >= 15 is 0 Å². The van der Waals surface area contributed by atoms with Crippen LogP contribution in [0.2, 0.25) is 0 Å². The maximum absolute atomic E-state index is 12.7. The summed E-state index contributed by atoms with van der Waals surface area (Å²) < 4.78 is 6.36. The topological polar surface area (TPSA) is 44.8 Å². The van der Waals surface area contributed by atoms with Crippen LogP contribution in [0.5, 0.6) is 0 Å². The van der Waals surface area contributed by atoms with E-state index in [1.54, 1.807) is 0 Å². The average molecular weight is 444 g/mol. The van der Waals surface area contributed by atoms with Crippen molar-refractivity contribution in [2.75, 3.05) is 51.3 Å². The summed E-state index contributed by atoms with van der Waals surface area (Å²) in [6, 6.07) is 14.4. The van der Waals surface area contributed by atoms with Crippen LogP contribution in [0.1, 0.15) is 27.5 Å². The van der Waals surface area contributed by atoms with E-state index in [-0.39, 0.29) is 11.9 Å². The van der Waals surface area contributed by atoms with Crippen molar-refractivity contribution >= 4 is 27.5 Å². The van der Waals surface area contributed by atoms with Crippen molar-refractivity contribution in [3.63, 3.8) is 0 Å². The third-order valence-electron chi connectivity index (χ3n) is 5.68. The van der Waals surface area contributed by atoms with Crippen molar-refractivity contribution in [2.45, 2.75) is 12.5 Å². The van der Waals surface area contributed by atoms with Crippen LogP contribution in [0.25, 0.3) is 0 Å². The first-order valence-electron chi connectivity index (χ1n) is 9.82. The molecule has 0 bridgehead atoms. The summed E-state index contributed by atoms with van der Waals surface area (Å²) in [6.07, 6.45) is 1.08. The summed E-state index contributed by atoms with van der Waals surface area (Å²) in [7, 11) is 2.14. The standard InChI is InChI=1S/C22H26BrN3O2/c1-25-9-8-17-14-16(6-7-20(17)25)21(26-10-12-28-13-11-26)15-24-22(27)18-4-2-3-5-19(18)23/h2-7,14,21H,8-13,15H2,1H3,(H,24,27)/t21-/m0/s1. The van der Waals surface area contributed by atoms with Gasteiger partial charge in [0.05, 0.1) is 24.8 Å². The number of ether oxygens (including phenoxy) is 1. The quantitative estimate of drug-likeness (QED) is 0.769. The van der Waals surface area contributed by atoms with Crippen LogP contribution < -0.4 is 10.2 Å². The van der Waals surface area contributed by atoms with Crippen LogP contribution in [-0.4, -0.2) is 57.2 Å². The number of halogens is 1. The van der Waals surface area contributed by atoms with Crippen LogP contribution in [0.15, 0.2) is 46.9 Å². The molecule has 2 aromatic rings. The van der Waals surface area contributed by atoms with Gasteiger partial charge < -0.3 is 15.0 Å². The largest absolute Gasteiger partial charge is 0.379 e. The number of hydrogen-bond acceptors (Lipinski definition) is 4. The Morgan fingerprint density at radius 3 is 2.75 bits per heavy atom. The fourth-order valence-corrected chi connectivity index (χ4v) is 4.54. The maximum atomic E-state index is 12.7. The molecule has 2 aliphatic heterocycles. The fourth-order valence-electron chi connectivity index (χ4n) is 4.07. The van der Waals surface area contributed by atoms with E-state index in [0.717, 1.165) is 43.7 Å². The Labute approximate surface area is 174 Å². The number of likely N-dealkylation sites (N-methyl/N-ethyl adjacent to an activating group) is 1. The summed E-state index contributed by atoms with van der Waals surface area (Å²) >= 11 is 3.47. The average Bonchev–Trinajstić information content (AvgIpc) is 3.09. The first kappa shape index (κ1) is 19.4. The Balaban J connectivity index is 1.54. The Morgan fingerprint density at radius 2 is 1.96 bits per heavy atom. The number of morpholine rings is 1. The first-order chi connectivity index (χ1) is 13.6. The van der Waals surface area contributed by atoms with Crippen molar-refractivity contribution in [2.24, 2.45) is 0 Å². The molecule has 1 N–H and O–H groups in total. The van der Waals surface area contributed by atoms with Crippen molar-refractivity contribution in [1.29, 1.82) is 0 Å². The van der Waals surface area contributed by atoms with Gasteiger partial charge in [0.25, 0.3) is 5.91 Å². The van der Waals surface area contributed by atoms with Crippen LogP contribution in [0.3, 0.4) is 0 Å². The molecule has 0 radical (unpaired) electrons. The van der Waals surface area contributed by atoms with Gasteiger partial charge in [0, 0.05) is 43.4 Å². The van der Waals surface area contributed by atoms with Crippen LogP contribution >= 0.6 is 15.9 Å². The Hall–Kier alpha value is -1.89. The summed E-state index contributed by atoms with van der Waals surface area (Å²) in [6.45, 7) is 4.89. The lowest BCUT2D eigenvalue weighted by molar-refractivity contribution is 0.0162. The van der Waals surface area contributed by atoms with Gasteiger partial charge in [0.15, 0.2) is 0 Å². The van der Waals surface area contributed by atoms with Gasteiger partial charge in [0.1, 0.15) is 0 Å². The smallest absolute Gasteiger partial charge is 0.252 e. The normalized spacial score (nSPS) is 18.0. The number of fused-ring (bicyclic) bond motifs is 1. The van der Waals surface area contributed by atoms with Crippen molar-refractivity contribution in [1.82, 2.24) is 10.2 Å². The molecule has 28 heavy (non-hydrogen) atoms. The van der Waals surface area contributed by atoms with E-state index in [9.17, 15) is 4.79 Å². The second-order valence-electron chi connectivity index (χ2n) is 7.41. The zero-order chi connectivity index (χ0) is 19.5. The fraction of sp³-hybridized carbons (Fsp3) is 0.409. The summed E-state index contributed by atoms with van der Waals surface area (Å²) in [5.74, 6) is -0.0494. The second-order valence-corrected chi connectivity index (χ2v) is 8.27. The van der Waals surface area contributed by atoms with Gasteiger partial charge in [-0.2, -0.15) is 0 Å². The zero-order valence-electron chi connectivity index (χ0n) is 16.2. The number of hydrogen-bond donors (Lipinski definition) is 1. The summed E-state index contributed by atoms with van der Waals surface area (Å²) in [5, 5.41) is 3.15. The molecule has 1 fully saturated rings. The Kier molecular flexibility index (Phi) is 5.99. The van der Waals surface area contributed by atoms with Crippen molar-refractivity contribution in [3.8, 4) is 0 Å². The third kappa shape index (κ3) is 4.09. The van der Waals surface area contributed by atoms with E-state index in [2.05, 4.69) is 56.3 Å². The molecule has 0 aromatic heterocycles. The number of nitrogens with one attached hydrogen (secondary N) is 1. The lowest BCUT2D eigenvalue weighted by atomic mass is 10.00. The van der Waals surface area contributed by atoms with Gasteiger partial charge in [-0.15, -0.1) is 0 Å². The molecule has 1 atom stereocenters. The third-order valence-corrected chi connectivity index (χ3v) is 6.37. The van der Waals surface area contributed by atoms with Crippen LogP contribution in [0, 0.1) is 0 Å². The number of benzene rings is 2. The molecule has 2 heterocycles. The number of amides is 1.